The fraction of sp³-hybridized carbons (Fsp3) is 0.429. The number of aromatic nitrogens is 1. The minimum absolute atomic E-state index is 0. The molecule has 1 amide bonds. The zero-order chi connectivity index (χ0) is 20.3. The lowest BCUT2D eigenvalue weighted by atomic mass is 10.1. The third-order valence-electron chi connectivity index (χ3n) is 4.83. The quantitative estimate of drug-likeness (QED) is 0.509. The molecule has 1 aliphatic heterocycles. The number of amides is 1. The predicted molar refractivity (Wildman–Crippen MR) is 121 cm³/mol. The molecule has 158 valence electrons. The van der Waals surface area contributed by atoms with Crippen LogP contribution in [0.1, 0.15) is 42.6 Å². The van der Waals surface area contributed by atoms with Crippen LogP contribution in [0.5, 0.6) is 0 Å². The van der Waals surface area contributed by atoms with Gasteiger partial charge in [-0.25, -0.2) is 13.8 Å². The van der Waals surface area contributed by atoms with E-state index in [9.17, 15) is 13.6 Å². The van der Waals surface area contributed by atoms with Gasteiger partial charge in [-0.2, -0.15) is 0 Å². The van der Waals surface area contributed by atoms with Crippen LogP contribution in [0.2, 0.25) is 0 Å². The Bertz CT molecular complexity index is 879. The second-order valence-electron chi connectivity index (χ2n) is 6.81. The summed E-state index contributed by atoms with van der Waals surface area (Å²) < 4.78 is 28.3. The first-order chi connectivity index (χ1) is 13.3. The van der Waals surface area contributed by atoms with Crippen LogP contribution in [-0.2, 0) is 0 Å². The highest BCUT2D eigenvalue weighted by molar-refractivity contribution is 9.10. The van der Waals surface area contributed by atoms with Crippen molar-refractivity contribution in [3.05, 3.63) is 46.1 Å². The number of benzene rings is 1. The molecule has 2 aromatic rings. The molecule has 1 aliphatic rings. The summed E-state index contributed by atoms with van der Waals surface area (Å²) in [6.45, 7) is 2.45. The molecule has 0 unspecified atom stereocenters. The molecule has 0 radical (unpaired) electrons. The molecule has 3 rings (SSSR count). The van der Waals surface area contributed by atoms with E-state index in [1.54, 1.807) is 22.9 Å². The number of thioether (sulfide) groups is 1. The summed E-state index contributed by atoms with van der Waals surface area (Å²) in [5.74, 6) is -2.51. The lowest BCUT2D eigenvalue weighted by molar-refractivity contribution is -0.0102. The van der Waals surface area contributed by atoms with E-state index in [0.29, 0.717) is 34.5 Å². The average Bonchev–Trinajstić information content (AvgIpc) is 2.84. The van der Waals surface area contributed by atoms with E-state index in [4.69, 9.17) is 0 Å². The summed E-state index contributed by atoms with van der Waals surface area (Å²) in [6, 6.07) is 7.57. The van der Waals surface area contributed by atoms with Gasteiger partial charge in [-0.1, -0.05) is 13.5 Å². The normalized spacial score (nSPS) is 16.0. The van der Waals surface area contributed by atoms with E-state index in [2.05, 4.69) is 26.2 Å². The number of carbonyl (C=O) groups is 1. The first kappa shape index (κ1) is 23.6. The van der Waals surface area contributed by atoms with Crippen molar-refractivity contribution >= 4 is 45.1 Å². The Hall–Kier alpha value is -1.67. The van der Waals surface area contributed by atoms with Crippen LogP contribution in [0.4, 0.5) is 20.3 Å². The van der Waals surface area contributed by atoms with Gasteiger partial charge in [-0.15, -0.1) is 11.8 Å². The fourth-order valence-electron chi connectivity index (χ4n) is 3.25. The maximum Gasteiger partial charge on any atom is 0.259 e. The summed E-state index contributed by atoms with van der Waals surface area (Å²) in [5, 5.41) is 2.92. The van der Waals surface area contributed by atoms with E-state index in [1.165, 1.54) is 0 Å². The van der Waals surface area contributed by atoms with Crippen LogP contribution in [0.25, 0.3) is 0 Å². The molecule has 4 nitrogen and oxygen atoms in total. The van der Waals surface area contributed by atoms with Crippen molar-refractivity contribution in [1.29, 1.82) is 0 Å². The maximum absolute atomic E-state index is 13.8. The Labute approximate surface area is 183 Å². The number of nitrogens with zero attached hydrogens (tertiary/aromatic N) is 2. The van der Waals surface area contributed by atoms with Gasteiger partial charge in [0.2, 0.25) is 5.92 Å². The van der Waals surface area contributed by atoms with Crippen molar-refractivity contribution in [2.24, 2.45) is 0 Å². The second kappa shape index (κ2) is 9.89. The molecule has 1 N–H and O–H groups in total. The lowest BCUT2D eigenvalue weighted by Crippen LogP contribution is -2.30. The summed E-state index contributed by atoms with van der Waals surface area (Å²) in [7, 11) is 0. The highest BCUT2D eigenvalue weighted by atomic mass is 79.9. The van der Waals surface area contributed by atoms with Crippen LogP contribution < -0.4 is 10.2 Å². The molecular weight excluding hydrogens is 460 g/mol. The number of hydrogen-bond acceptors (Lipinski definition) is 4. The van der Waals surface area contributed by atoms with Gasteiger partial charge in [0.25, 0.3) is 5.91 Å². The molecule has 8 heteroatoms. The van der Waals surface area contributed by atoms with Crippen LogP contribution >= 0.6 is 27.7 Å². The van der Waals surface area contributed by atoms with Gasteiger partial charge < -0.3 is 10.2 Å². The Morgan fingerprint density at radius 1 is 1.31 bits per heavy atom. The lowest BCUT2D eigenvalue weighted by Gasteiger charge is -2.25. The molecule has 0 spiro atoms. The summed E-state index contributed by atoms with van der Waals surface area (Å²) >= 11 is 5.02. The Morgan fingerprint density at radius 2 is 2.07 bits per heavy atom. The second-order valence-corrected chi connectivity index (χ2v) is 8.55. The summed E-state index contributed by atoms with van der Waals surface area (Å²) in [6.07, 6.45) is 3.58. The third-order valence-corrected chi connectivity index (χ3v) is 6.35. The maximum atomic E-state index is 13.8. The van der Waals surface area contributed by atoms with Gasteiger partial charge in [0.05, 0.1) is 5.56 Å². The van der Waals surface area contributed by atoms with Crippen LogP contribution in [0.3, 0.4) is 0 Å². The topological polar surface area (TPSA) is 45.2 Å². The number of pyridine rings is 1. The van der Waals surface area contributed by atoms with E-state index in [1.807, 2.05) is 37.4 Å². The van der Waals surface area contributed by atoms with Crippen molar-refractivity contribution in [3.8, 4) is 0 Å². The largest absolute Gasteiger partial charge is 0.356 e. The third kappa shape index (κ3) is 5.69. The van der Waals surface area contributed by atoms with Crippen LogP contribution in [-0.4, -0.2) is 36.2 Å². The monoisotopic (exact) mass is 485 g/mol. The van der Waals surface area contributed by atoms with Crippen molar-refractivity contribution in [3.63, 3.8) is 0 Å². The van der Waals surface area contributed by atoms with Crippen molar-refractivity contribution in [2.45, 2.75) is 44.4 Å². The number of hydrogen-bond donors (Lipinski definition) is 1. The molecule has 1 aromatic heterocycles. The van der Waals surface area contributed by atoms with Gasteiger partial charge in [-0.3, -0.25) is 4.79 Å². The van der Waals surface area contributed by atoms with E-state index in [-0.39, 0.29) is 32.7 Å². The minimum Gasteiger partial charge on any atom is -0.356 e. The van der Waals surface area contributed by atoms with Gasteiger partial charge in [0.1, 0.15) is 5.82 Å². The molecule has 1 fully saturated rings. The molecule has 1 saturated heterocycles. The zero-order valence-corrected chi connectivity index (χ0v) is 18.2. The van der Waals surface area contributed by atoms with Crippen LogP contribution in [0, 0.1) is 6.92 Å². The number of rotatable bonds is 4. The number of alkyl halides is 2. The molecule has 1 aromatic carbocycles. The fourth-order valence-corrected chi connectivity index (χ4v) is 4.01. The van der Waals surface area contributed by atoms with Gasteiger partial charge in [0.15, 0.2) is 0 Å². The van der Waals surface area contributed by atoms with E-state index in [0.717, 1.165) is 10.5 Å². The molecule has 0 saturated carbocycles. The standard InChI is InChI=1S/C20H22BrF2N3OS.CH4/c1-13-16(21)12-24-18(26-9-4-7-20(22,23)8-10-26)17(13)19(27)25-14-5-3-6-15(11-14)28-2;/h3,5-6,11-12H,4,7-10H2,1-2H3,(H,25,27);1H4. The Balaban J connectivity index is 0.00000300. The Kier molecular flexibility index (Phi) is 8.05. The smallest absolute Gasteiger partial charge is 0.259 e. The highest BCUT2D eigenvalue weighted by Gasteiger charge is 2.33. The number of nitrogens with one attached hydrogen (secondary N) is 1. The first-order valence-electron chi connectivity index (χ1n) is 9.04. The first-order valence-corrected chi connectivity index (χ1v) is 11.1. The van der Waals surface area contributed by atoms with Gasteiger partial charge in [-0.05, 0) is 59.3 Å². The average molecular weight is 486 g/mol. The Morgan fingerprint density at radius 3 is 2.79 bits per heavy atom. The SMILES string of the molecule is C.CSc1cccc(NC(=O)c2c(N3CCCC(F)(F)CC3)ncc(Br)c2C)c1. The number of carbonyl (C=O) groups excluding carboxylic acids is 1. The number of halogens is 3. The van der Waals surface area contributed by atoms with Gasteiger partial charge in [0, 0.05) is 47.2 Å². The number of anilines is 2. The van der Waals surface area contributed by atoms with Crippen molar-refractivity contribution in [1.82, 2.24) is 4.98 Å². The highest BCUT2D eigenvalue weighted by Crippen LogP contribution is 2.33. The molecule has 29 heavy (non-hydrogen) atoms. The molecular formula is C21H26BrF2N3OS. The van der Waals surface area contributed by atoms with Crippen molar-refractivity contribution < 1.29 is 13.6 Å². The van der Waals surface area contributed by atoms with Crippen molar-refractivity contribution in [2.75, 3.05) is 29.6 Å². The zero-order valence-electron chi connectivity index (χ0n) is 15.8. The van der Waals surface area contributed by atoms with E-state index < -0.39 is 5.92 Å². The van der Waals surface area contributed by atoms with E-state index >= 15 is 0 Å². The molecule has 0 bridgehead atoms. The van der Waals surface area contributed by atoms with Crippen LogP contribution in [0.15, 0.2) is 39.8 Å². The minimum atomic E-state index is -2.67. The van der Waals surface area contributed by atoms with Gasteiger partial charge >= 0.3 is 0 Å². The predicted octanol–water partition coefficient (Wildman–Crippen LogP) is 6.39. The molecule has 0 aliphatic carbocycles. The molecule has 0 atom stereocenters. The summed E-state index contributed by atoms with van der Waals surface area (Å²) in [5.41, 5.74) is 1.83. The summed E-state index contributed by atoms with van der Waals surface area (Å²) in [4.78, 5) is 20.4. The molecule has 2 heterocycles.